The lowest BCUT2D eigenvalue weighted by Crippen LogP contribution is -2.33. The van der Waals surface area contributed by atoms with Crippen molar-refractivity contribution >= 4 is 22.9 Å². The molecular formula is C10H12N8O4. The van der Waals surface area contributed by atoms with Crippen LogP contribution in [0.5, 0.6) is 0 Å². The molecule has 3 rings (SSSR count). The molecule has 0 spiro atoms. The van der Waals surface area contributed by atoms with Crippen molar-refractivity contribution in [3.63, 3.8) is 0 Å². The zero-order valence-corrected chi connectivity index (χ0v) is 11.1. The van der Waals surface area contributed by atoms with Crippen molar-refractivity contribution < 1.29 is 20.1 Å². The average Bonchev–Trinajstić information content (AvgIpc) is 3.03. The molecule has 0 aromatic carbocycles. The van der Waals surface area contributed by atoms with E-state index in [1.165, 1.54) is 10.9 Å². The highest BCUT2D eigenvalue weighted by Crippen LogP contribution is 2.32. The summed E-state index contributed by atoms with van der Waals surface area (Å²) in [6.07, 6.45) is -3.22. The van der Waals surface area contributed by atoms with Crippen molar-refractivity contribution in [1.29, 1.82) is 0 Å². The van der Waals surface area contributed by atoms with Gasteiger partial charge < -0.3 is 25.8 Å². The van der Waals surface area contributed by atoms with Crippen LogP contribution in [0.15, 0.2) is 11.4 Å². The van der Waals surface area contributed by atoms with Gasteiger partial charge in [-0.2, -0.15) is 0 Å². The molecule has 12 nitrogen and oxygen atoms in total. The van der Waals surface area contributed by atoms with E-state index >= 15 is 0 Å². The summed E-state index contributed by atoms with van der Waals surface area (Å²) in [6, 6.07) is 0. The molecule has 5 N–H and O–H groups in total. The van der Waals surface area contributed by atoms with Crippen LogP contribution in [-0.4, -0.2) is 59.8 Å². The number of aliphatic hydroxyl groups is 3. The minimum Gasteiger partial charge on any atom is -0.394 e. The van der Waals surface area contributed by atoms with E-state index < -0.39 is 31.1 Å². The van der Waals surface area contributed by atoms with Gasteiger partial charge in [-0.3, -0.25) is 4.57 Å². The molecule has 22 heavy (non-hydrogen) atoms. The smallest absolute Gasteiger partial charge is 0.220 e. The first-order valence-electron chi connectivity index (χ1n) is 6.24. The van der Waals surface area contributed by atoms with Gasteiger partial charge in [-0.05, 0) is 10.6 Å². The summed E-state index contributed by atoms with van der Waals surface area (Å²) in [6.45, 7) is -0.456. The Morgan fingerprint density at radius 1 is 1.41 bits per heavy atom. The summed E-state index contributed by atoms with van der Waals surface area (Å²) >= 11 is 0. The van der Waals surface area contributed by atoms with Gasteiger partial charge in [-0.25, -0.2) is 15.0 Å². The highest BCUT2D eigenvalue weighted by atomic mass is 16.6. The predicted octanol–water partition coefficient (Wildman–Crippen LogP) is -1.04. The lowest BCUT2D eigenvalue weighted by molar-refractivity contribution is -0.0511. The molecule has 0 aliphatic carbocycles. The molecule has 4 atom stereocenters. The Morgan fingerprint density at radius 3 is 2.82 bits per heavy atom. The number of aromatic nitrogens is 4. The fourth-order valence-electron chi connectivity index (χ4n) is 2.31. The SMILES string of the molecule is [N-]=[N+]=Nc1nc(N)c2ncn([C@@H]3O[C@H](CO)[C@H](O)[C@H]3O)c2n1. The van der Waals surface area contributed by atoms with E-state index in [-0.39, 0.29) is 22.9 Å². The number of nitrogen functional groups attached to an aromatic ring is 1. The van der Waals surface area contributed by atoms with Crippen LogP contribution in [0.3, 0.4) is 0 Å². The first kappa shape index (κ1) is 14.4. The maximum atomic E-state index is 10.0. The van der Waals surface area contributed by atoms with Crippen molar-refractivity contribution in [3.8, 4) is 0 Å². The molecule has 12 heteroatoms. The molecule has 1 saturated heterocycles. The fraction of sp³-hybridized carbons (Fsp3) is 0.500. The van der Waals surface area contributed by atoms with Crippen molar-refractivity contribution in [2.75, 3.05) is 12.3 Å². The molecule has 3 heterocycles. The summed E-state index contributed by atoms with van der Waals surface area (Å²) in [7, 11) is 0. The lowest BCUT2D eigenvalue weighted by atomic mass is 10.1. The van der Waals surface area contributed by atoms with E-state index in [9.17, 15) is 10.2 Å². The number of rotatable bonds is 3. The van der Waals surface area contributed by atoms with Crippen LogP contribution in [0.25, 0.3) is 21.6 Å². The largest absolute Gasteiger partial charge is 0.394 e. The molecule has 2 aromatic rings. The molecular weight excluding hydrogens is 296 g/mol. The first-order valence-corrected chi connectivity index (χ1v) is 6.24. The Morgan fingerprint density at radius 2 is 2.18 bits per heavy atom. The van der Waals surface area contributed by atoms with Gasteiger partial charge in [0.1, 0.15) is 23.8 Å². The van der Waals surface area contributed by atoms with Gasteiger partial charge in [0.2, 0.25) is 5.95 Å². The quantitative estimate of drug-likeness (QED) is 0.314. The Bertz CT molecular complexity index is 757. The number of fused-ring (bicyclic) bond motifs is 1. The van der Waals surface area contributed by atoms with Crippen LogP contribution < -0.4 is 5.73 Å². The summed E-state index contributed by atoms with van der Waals surface area (Å²) in [4.78, 5) is 14.4. The molecule has 0 bridgehead atoms. The van der Waals surface area contributed by atoms with Crippen LogP contribution in [0.2, 0.25) is 0 Å². The van der Waals surface area contributed by atoms with Gasteiger partial charge in [-0.15, -0.1) is 0 Å². The number of nitrogens with two attached hydrogens (primary N) is 1. The summed E-state index contributed by atoms with van der Waals surface area (Å²) in [5.41, 5.74) is 14.6. The number of anilines is 1. The van der Waals surface area contributed by atoms with E-state index in [2.05, 4.69) is 25.0 Å². The minimum absolute atomic E-state index is 0.00195. The topological polar surface area (TPSA) is 188 Å². The van der Waals surface area contributed by atoms with Crippen molar-refractivity contribution in [2.24, 2.45) is 5.11 Å². The second-order valence-corrected chi connectivity index (χ2v) is 4.65. The molecule has 116 valence electrons. The summed E-state index contributed by atoms with van der Waals surface area (Å²) in [5, 5.41) is 32.2. The number of imidazole rings is 1. The number of aliphatic hydroxyl groups excluding tert-OH is 3. The Labute approximate surface area is 122 Å². The van der Waals surface area contributed by atoms with Gasteiger partial charge in [0.25, 0.3) is 0 Å². The molecule has 0 radical (unpaired) electrons. The highest BCUT2D eigenvalue weighted by molar-refractivity contribution is 5.82. The molecule has 2 aromatic heterocycles. The van der Waals surface area contributed by atoms with Gasteiger partial charge in [-0.1, -0.05) is 0 Å². The second kappa shape index (κ2) is 5.36. The standard InChI is InChI=1S/C10H12N8O4/c11-7-4-8(15-10(14-7)16-17-12)18(2-13-4)9-6(21)5(20)3(1-19)22-9/h2-3,5-6,9,19-21H,1H2,(H2,11,14,15)/t3-,5+,6-,9-/m1/s1. The van der Waals surface area contributed by atoms with Crippen molar-refractivity contribution in [1.82, 2.24) is 19.5 Å². The van der Waals surface area contributed by atoms with Crippen LogP contribution in [0.4, 0.5) is 11.8 Å². The maximum absolute atomic E-state index is 10.0. The second-order valence-electron chi connectivity index (χ2n) is 4.65. The number of hydrogen-bond acceptors (Lipinski definition) is 9. The first-order chi connectivity index (χ1) is 10.6. The normalized spacial score (nSPS) is 28.0. The van der Waals surface area contributed by atoms with Crippen LogP contribution in [0.1, 0.15) is 6.23 Å². The Hall–Kier alpha value is -2.50. The maximum Gasteiger partial charge on any atom is 0.220 e. The average molecular weight is 308 g/mol. The summed E-state index contributed by atoms with van der Waals surface area (Å²) < 4.78 is 6.72. The van der Waals surface area contributed by atoms with Gasteiger partial charge in [0.05, 0.1) is 12.9 Å². The third-order valence-electron chi connectivity index (χ3n) is 3.36. The lowest BCUT2D eigenvalue weighted by Gasteiger charge is -2.16. The van der Waals surface area contributed by atoms with E-state index in [1.54, 1.807) is 0 Å². The van der Waals surface area contributed by atoms with Gasteiger partial charge in [0.15, 0.2) is 17.7 Å². The number of hydrogen-bond donors (Lipinski definition) is 4. The van der Waals surface area contributed by atoms with E-state index in [4.69, 9.17) is 21.1 Å². The van der Waals surface area contributed by atoms with E-state index in [0.717, 1.165) is 0 Å². The van der Waals surface area contributed by atoms with E-state index in [1.807, 2.05) is 0 Å². The van der Waals surface area contributed by atoms with Gasteiger partial charge >= 0.3 is 0 Å². The number of azide groups is 1. The molecule has 0 saturated carbocycles. The molecule has 1 fully saturated rings. The van der Waals surface area contributed by atoms with E-state index in [0.29, 0.717) is 0 Å². The number of ether oxygens (including phenoxy) is 1. The minimum atomic E-state index is -1.30. The van der Waals surface area contributed by atoms with Crippen LogP contribution in [0, 0.1) is 0 Å². The van der Waals surface area contributed by atoms with Gasteiger partial charge in [0, 0.05) is 4.91 Å². The highest BCUT2D eigenvalue weighted by Gasteiger charge is 2.44. The predicted molar refractivity (Wildman–Crippen MR) is 71.6 cm³/mol. The summed E-state index contributed by atoms with van der Waals surface area (Å²) in [5.74, 6) is -0.209. The van der Waals surface area contributed by atoms with Crippen LogP contribution >= 0.6 is 0 Å². The zero-order chi connectivity index (χ0) is 15.9. The molecule has 0 amide bonds. The monoisotopic (exact) mass is 308 g/mol. The third kappa shape index (κ3) is 2.11. The fourth-order valence-corrected chi connectivity index (χ4v) is 2.31. The Kier molecular flexibility index (Phi) is 3.52. The van der Waals surface area contributed by atoms with Crippen molar-refractivity contribution in [3.05, 3.63) is 16.8 Å². The Balaban J connectivity index is 2.10. The molecule has 1 aliphatic heterocycles. The number of nitrogens with zero attached hydrogens (tertiary/aromatic N) is 7. The third-order valence-corrected chi connectivity index (χ3v) is 3.36. The van der Waals surface area contributed by atoms with Crippen molar-refractivity contribution in [2.45, 2.75) is 24.5 Å². The molecule has 1 aliphatic rings. The molecule has 0 unspecified atom stereocenters. The van der Waals surface area contributed by atoms with Crippen LogP contribution in [-0.2, 0) is 4.74 Å². The zero-order valence-electron chi connectivity index (χ0n) is 11.1.